The van der Waals surface area contributed by atoms with Gasteiger partial charge in [-0.3, -0.25) is 4.79 Å². The number of benzene rings is 2. The number of carbonyl (C=O) groups excluding carboxylic acids is 1. The second-order valence-electron chi connectivity index (χ2n) is 4.63. The number of methoxy groups -OCH3 is 2. The molecule has 0 aliphatic rings. The van der Waals surface area contributed by atoms with E-state index in [1.54, 1.807) is 24.3 Å². The van der Waals surface area contributed by atoms with Crippen molar-refractivity contribution in [3.05, 3.63) is 48.5 Å². The van der Waals surface area contributed by atoms with Crippen LogP contribution in [-0.4, -0.2) is 35.2 Å². The van der Waals surface area contributed by atoms with Crippen LogP contribution in [0.2, 0.25) is 0 Å². The van der Waals surface area contributed by atoms with Crippen LogP contribution in [0.25, 0.3) is 0 Å². The Morgan fingerprint density at radius 3 is 2.17 bits per heavy atom. The average molecular weight is 351 g/mol. The maximum Gasteiger partial charge on any atom is 0.326 e. The topological polar surface area (TPSA) is 90.9 Å². The summed E-state index contributed by atoms with van der Waals surface area (Å²) >= 11 is 0. The normalized spacial score (nSPS) is 10.9. The summed E-state index contributed by atoms with van der Waals surface area (Å²) in [6.45, 7) is -0.508. The van der Waals surface area contributed by atoms with E-state index in [0.29, 0.717) is 11.5 Å². The molecule has 7 nitrogen and oxygen atoms in total. The molecule has 1 N–H and O–H groups in total. The Bertz CT molecular complexity index is 802. The molecule has 24 heavy (non-hydrogen) atoms. The van der Waals surface area contributed by atoms with Crippen molar-refractivity contribution in [1.82, 2.24) is 4.72 Å². The fourth-order valence-corrected chi connectivity index (χ4v) is 2.82. The van der Waals surface area contributed by atoms with Crippen molar-refractivity contribution < 1.29 is 27.4 Å². The number of sulfonamides is 1. The van der Waals surface area contributed by atoms with Crippen molar-refractivity contribution in [2.45, 2.75) is 4.90 Å². The highest BCUT2D eigenvalue weighted by Gasteiger charge is 2.17. The third-order valence-electron chi connectivity index (χ3n) is 3.07. The Morgan fingerprint density at radius 2 is 1.58 bits per heavy atom. The van der Waals surface area contributed by atoms with Gasteiger partial charge in [0.1, 0.15) is 12.3 Å². The lowest BCUT2D eigenvalue weighted by molar-refractivity contribution is -0.133. The van der Waals surface area contributed by atoms with Gasteiger partial charge >= 0.3 is 5.97 Å². The molecular weight excluding hydrogens is 334 g/mol. The van der Waals surface area contributed by atoms with E-state index < -0.39 is 22.5 Å². The third kappa shape index (κ3) is 4.46. The van der Waals surface area contributed by atoms with Gasteiger partial charge in [0, 0.05) is 0 Å². The van der Waals surface area contributed by atoms with Crippen LogP contribution in [0, 0.1) is 0 Å². The first-order valence-corrected chi connectivity index (χ1v) is 8.42. The summed E-state index contributed by atoms with van der Waals surface area (Å²) in [4.78, 5) is 11.9. The highest BCUT2D eigenvalue weighted by atomic mass is 32.2. The maximum atomic E-state index is 12.1. The minimum atomic E-state index is -3.83. The van der Waals surface area contributed by atoms with E-state index in [2.05, 4.69) is 4.72 Å². The van der Waals surface area contributed by atoms with Gasteiger partial charge in [-0.05, 0) is 36.4 Å². The fraction of sp³-hybridized carbons (Fsp3) is 0.188. The number of hydrogen-bond donors (Lipinski definition) is 1. The van der Waals surface area contributed by atoms with Crippen LogP contribution in [0.15, 0.2) is 53.4 Å². The number of carbonyl (C=O) groups is 1. The highest BCUT2D eigenvalue weighted by molar-refractivity contribution is 7.89. The van der Waals surface area contributed by atoms with Gasteiger partial charge in [-0.25, -0.2) is 8.42 Å². The van der Waals surface area contributed by atoms with E-state index in [4.69, 9.17) is 14.2 Å². The minimum absolute atomic E-state index is 0.0217. The Kier molecular flexibility index (Phi) is 5.78. The van der Waals surface area contributed by atoms with E-state index >= 15 is 0 Å². The number of para-hydroxylation sites is 2. The standard InChI is InChI=1S/C16H17NO6S/c1-21-12-7-9-13(10-8-12)24(19,20)17-11-16(18)23-15-6-4-3-5-14(15)22-2/h3-10,17H,11H2,1-2H3. The lowest BCUT2D eigenvalue weighted by Crippen LogP contribution is -2.32. The molecule has 2 aromatic carbocycles. The SMILES string of the molecule is COc1ccc(S(=O)(=O)NCC(=O)Oc2ccccc2OC)cc1. The van der Waals surface area contributed by atoms with Gasteiger partial charge in [0.2, 0.25) is 10.0 Å². The number of nitrogens with one attached hydrogen (secondary N) is 1. The van der Waals surface area contributed by atoms with E-state index in [1.807, 2.05) is 0 Å². The summed E-state index contributed by atoms with van der Waals surface area (Å²) in [5, 5.41) is 0. The van der Waals surface area contributed by atoms with E-state index in [0.717, 1.165) is 0 Å². The third-order valence-corrected chi connectivity index (χ3v) is 4.49. The molecule has 0 aliphatic heterocycles. The predicted molar refractivity (Wildman–Crippen MR) is 86.8 cm³/mol. The van der Waals surface area contributed by atoms with Crippen LogP contribution >= 0.6 is 0 Å². The predicted octanol–water partition coefficient (Wildman–Crippen LogP) is 1.59. The summed E-state index contributed by atoms with van der Waals surface area (Å²) in [6.07, 6.45) is 0. The summed E-state index contributed by atoms with van der Waals surface area (Å²) in [5.41, 5.74) is 0. The molecule has 0 spiro atoms. The molecule has 0 saturated carbocycles. The van der Waals surface area contributed by atoms with Crippen LogP contribution in [0.1, 0.15) is 0 Å². The molecular formula is C16H17NO6S. The van der Waals surface area contributed by atoms with Crippen LogP contribution in [0.4, 0.5) is 0 Å². The monoisotopic (exact) mass is 351 g/mol. The Hall–Kier alpha value is -2.58. The van der Waals surface area contributed by atoms with Gasteiger partial charge in [0.05, 0.1) is 19.1 Å². The Balaban J connectivity index is 1.99. The maximum absolute atomic E-state index is 12.1. The molecule has 0 atom stereocenters. The molecule has 0 fully saturated rings. The summed E-state index contributed by atoms with van der Waals surface area (Å²) < 4.78 is 41.6. The molecule has 2 rings (SSSR count). The molecule has 8 heteroatoms. The second-order valence-corrected chi connectivity index (χ2v) is 6.39. The zero-order valence-electron chi connectivity index (χ0n) is 13.2. The van der Waals surface area contributed by atoms with E-state index in [9.17, 15) is 13.2 Å². The van der Waals surface area contributed by atoms with E-state index in [-0.39, 0.29) is 10.6 Å². The number of ether oxygens (including phenoxy) is 3. The zero-order chi connectivity index (χ0) is 17.6. The Morgan fingerprint density at radius 1 is 0.958 bits per heavy atom. The zero-order valence-corrected chi connectivity index (χ0v) is 14.0. The second kappa shape index (κ2) is 7.80. The Labute approximate surface area is 140 Å². The molecule has 0 aromatic heterocycles. The average Bonchev–Trinajstić information content (AvgIpc) is 2.60. The number of rotatable bonds is 7. The van der Waals surface area contributed by atoms with Gasteiger partial charge in [0.25, 0.3) is 0 Å². The fourth-order valence-electron chi connectivity index (χ4n) is 1.85. The van der Waals surface area contributed by atoms with Crippen molar-refractivity contribution in [2.24, 2.45) is 0 Å². The quantitative estimate of drug-likeness (QED) is 0.602. The molecule has 0 aliphatic carbocycles. The molecule has 0 unspecified atom stereocenters. The summed E-state index contributed by atoms with van der Waals surface area (Å²) in [6, 6.07) is 12.4. The first-order valence-electron chi connectivity index (χ1n) is 6.93. The van der Waals surface area contributed by atoms with E-state index in [1.165, 1.54) is 38.5 Å². The van der Waals surface area contributed by atoms with Crippen LogP contribution in [0.3, 0.4) is 0 Å². The van der Waals surface area contributed by atoms with Crippen molar-refractivity contribution >= 4 is 16.0 Å². The van der Waals surface area contributed by atoms with Gasteiger partial charge in [-0.2, -0.15) is 4.72 Å². The summed E-state index contributed by atoms with van der Waals surface area (Å²) in [5.74, 6) is 0.374. The lowest BCUT2D eigenvalue weighted by Gasteiger charge is -2.10. The molecule has 0 radical (unpaired) electrons. The first kappa shape index (κ1) is 17.8. The highest BCUT2D eigenvalue weighted by Crippen LogP contribution is 2.25. The molecule has 2 aromatic rings. The molecule has 0 bridgehead atoms. The number of hydrogen-bond acceptors (Lipinski definition) is 6. The molecule has 0 saturated heterocycles. The van der Waals surface area contributed by atoms with Crippen LogP contribution < -0.4 is 18.9 Å². The van der Waals surface area contributed by atoms with Crippen LogP contribution in [-0.2, 0) is 14.8 Å². The van der Waals surface area contributed by atoms with Crippen molar-refractivity contribution in [1.29, 1.82) is 0 Å². The largest absolute Gasteiger partial charge is 0.497 e. The van der Waals surface area contributed by atoms with Crippen LogP contribution in [0.5, 0.6) is 17.2 Å². The lowest BCUT2D eigenvalue weighted by atomic mass is 10.3. The van der Waals surface area contributed by atoms with Gasteiger partial charge in [-0.15, -0.1) is 0 Å². The van der Waals surface area contributed by atoms with Crippen molar-refractivity contribution in [2.75, 3.05) is 20.8 Å². The molecule has 128 valence electrons. The van der Waals surface area contributed by atoms with Gasteiger partial charge < -0.3 is 14.2 Å². The van der Waals surface area contributed by atoms with Gasteiger partial charge in [-0.1, -0.05) is 12.1 Å². The van der Waals surface area contributed by atoms with Crippen molar-refractivity contribution in [3.63, 3.8) is 0 Å². The summed E-state index contributed by atoms with van der Waals surface area (Å²) in [7, 11) is -0.901. The van der Waals surface area contributed by atoms with Crippen molar-refractivity contribution in [3.8, 4) is 17.2 Å². The number of esters is 1. The van der Waals surface area contributed by atoms with Gasteiger partial charge in [0.15, 0.2) is 11.5 Å². The molecule has 0 heterocycles. The first-order chi connectivity index (χ1) is 11.5. The molecule has 0 amide bonds. The smallest absolute Gasteiger partial charge is 0.326 e. The minimum Gasteiger partial charge on any atom is -0.497 e.